The standard InChI is InChI=1S/C27H28Cl3N3O4S/c1-3-15-31-27(35)19(2)32(17-20-9-7-8-12-23(20)28)26(34)18-33(21-13-14-24(29)25(30)16-21)38(36,37)22-10-5-4-6-11-22/h4-14,16,19H,3,15,17-18H2,1-2H3,(H,31,35). The minimum Gasteiger partial charge on any atom is -0.354 e. The van der Waals surface area contributed by atoms with Crippen LogP contribution in [0.4, 0.5) is 5.69 Å². The molecule has 3 aromatic carbocycles. The van der Waals surface area contributed by atoms with Crippen molar-refractivity contribution in [3.05, 3.63) is 93.4 Å². The van der Waals surface area contributed by atoms with Gasteiger partial charge in [-0.25, -0.2) is 8.42 Å². The maximum Gasteiger partial charge on any atom is 0.264 e. The van der Waals surface area contributed by atoms with Gasteiger partial charge in [-0.3, -0.25) is 13.9 Å². The third-order valence-electron chi connectivity index (χ3n) is 5.82. The molecule has 0 radical (unpaired) electrons. The van der Waals surface area contributed by atoms with Gasteiger partial charge in [0.05, 0.1) is 20.6 Å². The topological polar surface area (TPSA) is 86.8 Å². The quantitative estimate of drug-likeness (QED) is 0.304. The molecule has 1 N–H and O–H groups in total. The molecule has 0 aromatic heterocycles. The van der Waals surface area contributed by atoms with Gasteiger partial charge in [-0.15, -0.1) is 0 Å². The van der Waals surface area contributed by atoms with Gasteiger partial charge in [-0.1, -0.05) is 78.1 Å². The zero-order valence-corrected chi connectivity index (χ0v) is 24.0. The van der Waals surface area contributed by atoms with Crippen LogP contribution in [-0.4, -0.2) is 44.3 Å². The van der Waals surface area contributed by atoms with Crippen molar-refractivity contribution in [3.63, 3.8) is 0 Å². The van der Waals surface area contributed by atoms with Crippen LogP contribution in [0.1, 0.15) is 25.8 Å². The van der Waals surface area contributed by atoms with Crippen molar-refractivity contribution in [2.45, 2.75) is 37.8 Å². The first-order valence-electron chi connectivity index (χ1n) is 11.9. The van der Waals surface area contributed by atoms with E-state index in [1.165, 1.54) is 35.2 Å². The van der Waals surface area contributed by atoms with Crippen LogP contribution in [-0.2, 0) is 26.2 Å². The number of benzene rings is 3. The van der Waals surface area contributed by atoms with Crippen LogP contribution in [0.25, 0.3) is 0 Å². The molecule has 0 heterocycles. The summed E-state index contributed by atoms with van der Waals surface area (Å²) in [4.78, 5) is 28.0. The summed E-state index contributed by atoms with van der Waals surface area (Å²) in [7, 11) is -4.20. The highest BCUT2D eigenvalue weighted by molar-refractivity contribution is 7.92. The van der Waals surface area contributed by atoms with E-state index in [4.69, 9.17) is 34.8 Å². The van der Waals surface area contributed by atoms with Crippen LogP contribution in [0.15, 0.2) is 77.7 Å². The molecule has 0 saturated heterocycles. The lowest BCUT2D eigenvalue weighted by molar-refractivity contribution is -0.139. The summed E-state index contributed by atoms with van der Waals surface area (Å²) in [6.45, 7) is 3.36. The first-order valence-corrected chi connectivity index (χ1v) is 14.5. The number of nitrogens with zero attached hydrogens (tertiary/aromatic N) is 2. The Morgan fingerprint density at radius 3 is 2.18 bits per heavy atom. The lowest BCUT2D eigenvalue weighted by Gasteiger charge is -2.32. The van der Waals surface area contributed by atoms with E-state index in [1.54, 1.807) is 49.4 Å². The Morgan fingerprint density at radius 1 is 0.895 bits per heavy atom. The molecule has 0 aliphatic carbocycles. The second-order valence-electron chi connectivity index (χ2n) is 8.50. The summed E-state index contributed by atoms with van der Waals surface area (Å²) in [5.41, 5.74) is 0.766. The van der Waals surface area contributed by atoms with Crippen LogP contribution in [0.2, 0.25) is 15.1 Å². The van der Waals surface area contributed by atoms with Crippen LogP contribution >= 0.6 is 34.8 Å². The van der Waals surface area contributed by atoms with Crippen molar-refractivity contribution in [1.29, 1.82) is 0 Å². The number of rotatable bonds is 11. The van der Waals surface area contributed by atoms with Crippen LogP contribution in [0, 0.1) is 0 Å². The predicted molar refractivity (Wildman–Crippen MR) is 152 cm³/mol. The number of amides is 2. The SMILES string of the molecule is CCCNC(=O)C(C)N(Cc1ccccc1Cl)C(=O)CN(c1ccc(Cl)c(Cl)c1)S(=O)(=O)c1ccccc1. The molecule has 11 heteroatoms. The third-order valence-corrected chi connectivity index (χ3v) is 8.71. The summed E-state index contributed by atoms with van der Waals surface area (Å²) in [5, 5.41) is 3.58. The van der Waals surface area contributed by atoms with E-state index >= 15 is 0 Å². The molecule has 202 valence electrons. The van der Waals surface area contributed by atoms with Gasteiger partial charge in [0.1, 0.15) is 12.6 Å². The lowest BCUT2D eigenvalue weighted by Crippen LogP contribution is -2.51. The first-order chi connectivity index (χ1) is 18.1. The van der Waals surface area contributed by atoms with Crippen LogP contribution in [0.5, 0.6) is 0 Å². The molecule has 3 rings (SSSR count). The maximum atomic E-state index is 13.8. The first kappa shape index (κ1) is 29.8. The van der Waals surface area contributed by atoms with Gasteiger partial charge in [0.2, 0.25) is 11.8 Å². The van der Waals surface area contributed by atoms with E-state index in [2.05, 4.69) is 5.32 Å². The minimum absolute atomic E-state index is 0.000182. The number of anilines is 1. The van der Waals surface area contributed by atoms with Crippen LogP contribution in [0.3, 0.4) is 0 Å². The highest BCUT2D eigenvalue weighted by Crippen LogP contribution is 2.31. The van der Waals surface area contributed by atoms with Crippen molar-refractivity contribution >= 4 is 62.3 Å². The van der Waals surface area contributed by atoms with Gasteiger partial charge in [0.25, 0.3) is 10.0 Å². The molecule has 0 aliphatic rings. The van der Waals surface area contributed by atoms with E-state index in [9.17, 15) is 18.0 Å². The van der Waals surface area contributed by atoms with Crippen molar-refractivity contribution in [1.82, 2.24) is 10.2 Å². The molecule has 2 amide bonds. The molecule has 0 bridgehead atoms. The minimum atomic E-state index is -4.20. The Hall–Kier alpha value is -2.78. The van der Waals surface area contributed by atoms with E-state index < -0.39 is 28.5 Å². The van der Waals surface area contributed by atoms with Gasteiger partial charge < -0.3 is 10.2 Å². The molecule has 0 spiro atoms. The highest BCUT2D eigenvalue weighted by atomic mass is 35.5. The van der Waals surface area contributed by atoms with E-state index in [0.29, 0.717) is 17.1 Å². The average molecular weight is 597 g/mol. The number of sulfonamides is 1. The Balaban J connectivity index is 2.04. The van der Waals surface area contributed by atoms with Gasteiger partial charge in [0.15, 0.2) is 0 Å². The third kappa shape index (κ3) is 7.20. The summed E-state index contributed by atoms with van der Waals surface area (Å²) in [6.07, 6.45) is 0.720. The molecule has 3 aromatic rings. The smallest absolute Gasteiger partial charge is 0.264 e. The van der Waals surface area contributed by atoms with Crippen molar-refractivity contribution < 1.29 is 18.0 Å². The molecule has 1 atom stereocenters. The van der Waals surface area contributed by atoms with E-state index in [1.807, 2.05) is 6.92 Å². The Bertz CT molecular complexity index is 1390. The second-order valence-corrected chi connectivity index (χ2v) is 11.6. The largest absolute Gasteiger partial charge is 0.354 e. The van der Waals surface area contributed by atoms with Crippen molar-refractivity contribution in [3.8, 4) is 0 Å². The van der Waals surface area contributed by atoms with Crippen molar-refractivity contribution in [2.24, 2.45) is 0 Å². The highest BCUT2D eigenvalue weighted by Gasteiger charge is 2.32. The van der Waals surface area contributed by atoms with E-state index in [0.717, 1.165) is 10.7 Å². The van der Waals surface area contributed by atoms with Gasteiger partial charge in [-0.2, -0.15) is 0 Å². The van der Waals surface area contributed by atoms with E-state index in [-0.39, 0.29) is 33.1 Å². The molecule has 0 saturated carbocycles. The maximum absolute atomic E-state index is 13.8. The zero-order valence-electron chi connectivity index (χ0n) is 20.9. The number of nitrogens with one attached hydrogen (secondary N) is 1. The summed E-state index contributed by atoms with van der Waals surface area (Å²) in [6, 6.07) is 18.1. The molecular formula is C27H28Cl3N3O4S. The lowest BCUT2D eigenvalue weighted by atomic mass is 10.1. The number of carbonyl (C=O) groups is 2. The monoisotopic (exact) mass is 595 g/mol. The summed E-state index contributed by atoms with van der Waals surface area (Å²) < 4.78 is 28.4. The molecular weight excluding hydrogens is 569 g/mol. The van der Waals surface area contributed by atoms with Crippen molar-refractivity contribution in [2.75, 3.05) is 17.4 Å². The fourth-order valence-corrected chi connectivity index (χ4v) is 5.59. The molecule has 7 nitrogen and oxygen atoms in total. The number of carbonyl (C=O) groups excluding carboxylic acids is 2. The zero-order chi connectivity index (χ0) is 27.9. The number of halogens is 3. The normalized spacial score (nSPS) is 12.0. The average Bonchev–Trinajstić information content (AvgIpc) is 2.91. The molecule has 38 heavy (non-hydrogen) atoms. The predicted octanol–water partition coefficient (Wildman–Crippen LogP) is 5.79. The molecule has 1 unspecified atom stereocenters. The molecule has 0 aliphatic heterocycles. The van der Waals surface area contributed by atoms with Gasteiger partial charge >= 0.3 is 0 Å². The second kappa shape index (κ2) is 13.3. The Kier molecular flexibility index (Phi) is 10.4. The Morgan fingerprint density at radius 2 is 1.55 bits per heavy atom. The fourth-order valence-electron chi connectivity index (χ4n) is 3.68. The fraction of sp³-hybridized carbons (Fsp3) is 0.259. The van der Waals surface area contributed by atoms with Crippen LogP contribution < -0.4 is 9.62 Å². The Labute approximate surface area is 238 Å². The van der Waals surface area contributed by atoms with Gasteiger partial charge in [0, 0.05) is 18.1 Å². The number of hydrogen-bond donors (Lipinski definition) is 1. The number of hydrogen-bond acceptors (Lipinski definition) is 4. The molecule has 0 fully saturated rings. The summed E-state index contributed by atoms with van der Waals surface area (Å²) in [5.74, 6) is -0.964. The van der Waals surface area contributed by atoms with Gasteiger partial charge in [-0.05, 0) is 55.3 Å². The summed E-state index contributed by atoms with van der Waals surface area (Å²) >= 11 is 18.6.